The number of rotatable bonds is 7. The lowest BCUT2D eigenvalue weighted by atomic mass is 10.2. The van der Waals surface area contributed by atoms with Gasteiger partial charge in [-0.1, -0.05) is 0 Å². The second-order valence-electron chi connectivity index (χ2n) is 4.78. The van der Waals surface area contributed by atoms with E-state index in [1.165, 1.54) is 0 Å². The first-order valence-electron chi connectivity index (χ1n) is 7.03. The van der Waals surface area contributed by atoms with Crippen molar-refractivity contribution in [3.05, 3.63) is 24.0 Å². The first-order valence-corrected chi connectivity index (χ1v) is 7.03. The van der Waals surface area contributed by atoms with Crippen LogP contribution in [-0.2, 0) is 4.79 Å². The van der Waals surface area contributed by atoms with Gasteiger partial charge < -0.3 is 15.4 Å². The minimum Gasteiger partial charge on any atom is -0.494 e. The van der Waals surface area contributed by atoms with Crippen molar-refractivity contribution in [1.29, 1.82) is 0 Å². The molecular weight excluding hydrogens is 320 g/mol. The maximum atomic E-state index is 11.9. The molecule has 0 spiro atoms. The monoisotopic (exact) mass is 340 g/mol. The fraction of sp³-hybridized carbons (Fsp3) is 0.429. The van der Waals surface area contributed by atoms with Gasteiger partial charge in [0.25, 0.3) is 0 Å². The molecule has 9 heteroatoms. The molecule has 0 radical (unpaired) electrons. The normalized spacial score (nSPS) is 10.0. The number of ether oxygens (including phenoxy) is 1. The van der Waals surface area contributed by atoms with Gasteiger partial charge >= 0.3 is 0 Å². The smallest absolute Gasteiger partial charge is 0.224 e. The molecule has 0 atom stereocenters. The Hall–Kier alpha value is -2.19. The van der Waals surface area contributed by atoms with Crippen molar-refractivity contribution < 1.29 is 9.53 Å². The van der Waals surface area contributed by atoms with Crippen molar-refractivity contribution in [3.63, 3.8) is 0 Å². The summed E-state index contributed by atoms with van der Waals surface area (Å²) in [6.07, 6.45) is 1.25. The summed E-state index contributed by atoms with van der Waals surface area (Å²) < 4.78 is 6.89. The van der Waals surface area contributed by atoms with E-state index in [9.17, 15) is 4.79 Å². The third-order valence-electron chi connectivity index (χ3n) is 3.15. The number of aromatic nitrogens is 4. The van der Waals surface area contributed by atoms with Gasteiger partial charge in [-0.25, -0.2) is 0 Å². The minimum atomic E-state index is -0.0280. The van der Waals surface area contributed by atoms with Crippen LogP contribution in [0.25, 0.3) is 5.69 Å². The molecule has 0 saturated carbocycles. The zero-order valence-electron chi connectivity index (χ0n) is 13.4. The summed E-state index contributed by atoms with van der Waals surface area (Å²) in [7, 11) is 3.44. The van der Waals surface area contributed by atoms with E-state index < -0.39 is 0 Å². The van der Waals surface area contributed by atoms with Gasteiger partial charge in [-0.15, -0.1) is 17.5 Å². The van der Waals surface area contributed by atoms with Crippen LogP contribution in [0.1, 0.15) is 18.7 Å². The maximum Gasteiger partial charge on any atom is 0.224 e. The largest absolute Gasteiger partial charge is 0.494 e. The van der Waals surface area contributed by atoms with Gasteiger partial charge in [-0.3, -0.25) is 4.79 Å². The molecule has 1 aromatic heterocycles. The van der Waals surface area contributed by atoms with E-state index in [4.69, 9.17) is 4.74 Å². The Morgan fingerprint density at radius 2 is 2.17 bits per heavy atom. The van der Waals surface area contributed by atoms with Gasteiger partial charge in [0.2, 0.25) is 5.91 Å². The van der Waals surface area contributed by atoms with Crippen molar-refractivity contribution in [2.45, 2.75) is 19.8 Å². The molecule has 1 heterocycles. The SMILES string of the molecule is CNCCCC(=O)Nc1ccc(OC)c(-n2nnnc2C)c1.Cl. The Labute approximate surface area is 141 Å². The molecule has 0 saturated heterocycles. The van der Waals surface area contributed by atoms with Crippen LogP contribution in [0.3, 0.4) is 0 Å². The molecular formula is C14H21ClN6O2. The molecule has 2 N–H and O–H groups in total. The molecule has 23 heavy (non-hydrogen) atoms. The average Bonchev–Trinajstić information content (AvgIpc) is 2.93. The number of nitrogens with one attached hydrogen (secondary N) is 2. The zero-order chi connectivity index (χ0) is 15.9. The molecule has 1 amide bonds. The lowest BCUT2D eigenvalue weighted by Gasteiger charge is -2.11. The number of carbonyl (C=O) groups is 1. The number of nitrogens with zero attached hydrogens (tertiary/aromatic N) is 4. The van der Waals surface area contributed by atoms with Crippen LogP contribution in [-0.4, -0.2) is 46.8 Å². The molecule has 0 bridgehead atoms. The highest BCUT2D eigenvalue weighted by Crippen LogP contribution is 2.26. The molecule has 0 unspecified atom stereocenters. The number of hydrogen-bond acceptors (Lipinski definition) is 6. The highest BCUT2D eigenvalue weighted by atomic mass is 35.5. The molecule has 0 aliphatic carbocycles. The van der Waals surface area contributed by atoms with E-state index >= 15 is 0 Å². The number of aryl methyl sites for hydroxylation is 1. The van der Waals surface area contributed by atoms with Crippen LogP contribution in [0.5, 0.6) is 5.75 Å². The quantitative estimate of drug-likeness (QED) is 0.739. The van der Waals surface area contributed by atoms with Gasteiger partial charge in [0.15, 0.2) is 5.82 Å². The first-order chi connectivity index (χ1) is 10.7. The fourth-order valence-electron chi connectivity index (χ4n) is 2.04. The second-order valence-corrected chi connectivity index (χ2v) is 4.78. The van der Waals surface area contributed by atoms with E-state index in [0.29, 0.717) is 29.4 Å². The van der Waals surface area contributed by atoms with E-state index in [2.05, 4.69) is 26.2 Å². The van der Waals surface area contributed by atoms with Gasteiger partial charge in [0.05, 0.1) is 7.11 Å². The van der Waals surface area contributed by atoms with Gasteiger partial charge in [-0.05, 0) is 55.6 Å². The Kier molecular flexibility index (Phi) is 7.43. The van der Waals surface area contributed by atoms with Crippen LogP contribution in [0, 0.1) is 6.92 Å². The summed E-state index contributed by atoms with van der Waals surface area (Å²) in [6.45, 7) is 2.60. The molecule has 126 valence electrons. The average molecular weight is 341 g/mol. The Balaban J connectivity index is 0.00000264. The van der Waals surface area contributed by atoms with Gasteiger partial charge in [0, 0.05) is 12.1 Å². The number of hydrogen-bond donors (Lipinski definition) is 2. The first kappa shape index (κ1) is 18.9. The Morgan fingerprint density at radius 1 is 1.39 bits per heavy atom. The molecule has 2 aromatic rings. The van der Waals surface area contributed by atoms with Gasteiger partial charge in [-0.2, -0.15) is 4.68 Å². The van der Waals surface area contributed by atoms with Crippen LogP contribution < -0.4 is 15.4 Å². The van der Waals surface area contributed by atoms with Crippen molar-refractivity contribution in [2.24, 2.45) is 0 Å². The van der Waals surface area contributed by atoms with E-state index in [1.54, 1.807) is 36.9 Å². The number of methoxy groups -OCH3 is 1. The van der Waals surface area contributed by atoms with Crippen molar-refractivity contribution in [2.75, 3.05) is 26.0 Å². The lowest BCUT2D eigenvalue weighted by Crippen LogP contribution is -2.15. The van der Waals surface area contributed by atoms with E-state index in [0.717, 1.165) is 13.0 Å². The van der Waals surface area contributed by atoms with Gasteiger partial charge in [0.1, 0.15) is 11.4 Å². The number of halogens is 1. The molecule has 2 rings (SSSR count). The highest BCUT2D eigenvalue weighted by Gasteiger charge is 2.12. The summed E-state index contributed by atoms with van der Waals surface area (Å²) in [5.74, 6) is 1.24. The molecule has 8 nitrogen and oxygen atoms in total. The third kappa shape index (κ3) is 4.90. The zero-order valence-corrected chi connectivity index (χ0v) is 14.2. The van der Waals surface area contributed by atoms with Crippen LogP contribution in [0.4, 0.5) is 5.69 Å². The Morgan fingerprint density at radius 3 is 2.78 bits per heavy atom. The van der Waals surface area contributed by atoms with Crippen molar-refractivity contribution >= 4 is 24.0 Å². The predicted molar refractivity (Wildman–Crippen MR) is 89.5 cm³/mol. The standard InChI is InChI=1S/C14H20N6O2.ClH/c1-10-17-18-19-20(10)12-9-11(6-7-13(12)22-3)16-14(21)5-4-8-15-2;/h6-7,9,15H,4-5,8H2,1-3H3,(H,16,21);1H. The number of anilines is 1. The summed E-state index contributed by atoms with van der Waals surface area (Å²) in [5.41, 5.74) is 1.36. The lowest BCUT2D eigenvalue weighted by molar-refractivity contribution is -0.116. The molecule has 0 fully saturated rings. The second kappa shape index (κ2) is 9.06. The Bertz CT molecular complexity index is 646. The number of carbonyl (C=O) groups excluding carboxylic acids is 1. The van der Waals surface area contributed by atoms with Crippen LogP contribution in [0.2, 0.25) is 0 Å². The third-order valence-corrected chi connectivity index (χ3v) is 3.15. The minimum absolute atomic E-state index is 0. The molecule has 0 aliphatic rings. The van der Waals surface area contributed by atoms with Crippen LogP contribution >= 0.6 is 12.4 Å². The van der Waals surface area contributed by atoms with E-state index in [1.807, 2.05) is 7.05 Å². The highest BCUT2D eigenvalue weighted by molar-refractivity contribution is 5.91. The van der Waals surface area contributed by atoms with Crippen molar-refractivity contribution in [3.8, 4) is 11.4 Å². The maximum absolute atomic E-state index is 11.9. The van der Waals surface area contributed by atoms with Crippen LogP contribution in [0.15, 0.2) is 18.2 Å². The fourth-order valence-corrected chi connectivity index (χ4v) is 2.04. The topological polar surface area (TPSA) is 94.0 Å². The van der Waals surface area contributed by atoms with Crippen molar-refractivity contribution in [1.82, 2.24) is 25.5 Å². The number of tetrazole rings is 1. The summed E-state index contributed by atoms with van der Waals surface area (Å²) >= 11 is 0. The summed E-state index contributed by atoms with van der Waals surface area (Å²) in [6, 6.07) is 5.36. The number of amides is 1. The van der Waals surface area contributed by atoms with E-state index in [-0.39, 0.29) is 18.3 Å². The summed E-state index contributed by atoms with van der Waals surface area (Å²) in [4.78, 5) is 11.9. The summed E-state index contributed by atoms with van der Waals surface area (Å²) in [5, 5.41) is 17.3. The molecule has 0 aliphatic heterocycles. The predicted octanol–water partition coefficient (Wildman–Crippen LogP) is 1.34. The number of benzene rings is 1. The molecule has 1 aromatic carbocycles.